The monoisotopic (exact) mass is 398 g/mol. The number of nitriles is 1. The van der Waals surface area contributed by atoms with Crippen molar-refractivity contribution in [2.75, 3.05) is 4.90 Å². The Bertz CT molecular complexity index is 1170. The number of nitrogens with zero attached hydrogens (tertiary/aromatic N) is 4. The third kappa shape index (κ3) is 2.99. The van der Waals surface area contributed by atoms with Crippen LogP contribution < -0.4 is 4.90 Å². The van der Waals surface area contributed by atoms with Crippen LogP contribution in [-0.2, 0) is 6.54 Å². The van der Waals surface area contributed by atoms with Crippen LogP contribution in [0.25, 0.3) is 11.3 Å². The molecule has 1 saturated carbocycles. The second-order valence-electron chi connectivity index (χ2n) is 8.08. The molecule has 0 bridgehead atoms. The average Bonchev–Trinajstić information content (AvgIpc) is 3.51. The molecule has 1 atom stereocenters. The lowest BCUT2D eigenvalue weighted by molar-refractivity contribution is 0.0933. The summed E-state index contributed by atoms with van der Waals surface area (Å²) in [5.74, 6) is 0.994. The van der Waals surface area contributed by atoms with E-state index in [2.05, 4.69) is 6.07 Å². The summed E-state index contributed by atoms with van der Waals surface area (Å²) < 4.78 is 1.95. The highest BCUT2D eigenvalue weighted by Crippen LogP contribution is 2.40. The van der Waals surface area contributed by atoms with Crippen molar-refractivity contribution in [3.63, 3.8) is 0 Å². The summed E-state index contributed by atoms with van der Waals surface area (Å²) in [6, 6.07) is 16.7. The molecule has 150 valence electrons. The van der Waals surface area contributed by atoms with Crippen LogP contribution in [0.4, 0.5) is 5.82 Å². The van der Waals surface area contributed by atoms with Gasteiger partial charge in [-0.1, -0.05) is 43.2 Å². The van der Waals surface area contributed by atoms with E-state index in [9.17, 15) is 9.90 Å². The molecule has 6 nitrogen and oxygen atoms in total. The van der Waals surface area contributed by atoms with E-state index in [1.54, 1.807) is 30.3 Å². The Hall–Kier alpha value is -3.43. The predicted molar refractivity (Wildman–Crippen MR) is 113 cm³/mol. The topological polar surface area (TPSA) is 82.2 Å². The molecule has 1 amide bonds. The molecular formula is C24H22N4O2. The summed E-state index contributed by atoms with van der Waals surface area (Å²) in [5.41, 5.74) is 4.42. The first kappa shape index (κ1) is 18.6. The largest absolute Gasteiger partial charge is 0.369 e. The van der Waals surface area contributed by atoms with Gasteiger partial charge < -0.3 is 5.11 Å². The fourth-order valence-electron chi connectivity index (χ4n) is 4.22. The number of aromatic nitrogens is 2. The molecule has 1 unspecified atom stereocenters. The molecule has 2 aliphatic rings. The molecule has 2 aromatic carbocycles. The summed E-state index contributed by atoms with van der Waals surface area (Å²) in [5, 5.41) is 24.8. The number of carbonyl (C=O) groups excluding carboxylic acids is 1. The van der Waals surface area contributed by atoms with Crippen molar-refractivity contribution in [2.45, 2.75) is 39.0 Å². The summed E-state index contributed by atoms with van der Waals surface area (Å²) in [6.45, 7) is 2.69. The zero-order valence-corrected chi connectivity index (χ0v) is 16.7. The zero-order chi connectivity index (χ0) is 20.8. The number of aliphatic hydroxyl groups excluding tert-OH is 1. The lowest BCUT2D eigenvalue weighted by atomic mass is 10.1. The van der Waals surface area contributed by atoms with E-state index in [1.165, 1.54) is 17.7 Å². The Balaban J connectivity index is 1.59. The molecule has 1 N–H and O–H groups in total. The lowest BCUT2D eigenvalue weighted by Crippen LogP contribution is -2.28. The summed E-state index contributed by atoms with van der Waals surface area (Å²) in [4.78, 5) is 14.4. The van der Waals surface area contributed by atoms with Crippen molar-refractivity contribution in [3.05, 3.63) is 70.8 Å². The highest BCUT2D eigenvalue weighted by molar-refractivity contribution is 6.10. The first-order valence-corrected chi connectivity index (χ1v) is 10.3. The van der Waals surface area contributed by atoms with Gasteiger partial charge in [0.05, 0.1) is 17.3 Å². The van der Waals surface area contributed by atoms with Crippen molar-refractivity contribution >= 4 is 11.7 Å². The van der Waals surface area contributed by atoms with E-state index in [4.69, 9.17) is 10.4 Å². The first-order valence-electron chi connectivity index (χ1n) is 10.3. The third-order valence-electron chi connectivity index (χ3n) is 6.06. The van der Waals surface area contributed by atoms with Crippen molar-refractivity contribution in [1.82, 2.24) is 9.78 Å². The van der Waals surface area contributed by atoms with E-state index in [1.807, 2.05) is 29.8 Å². The van der Waals surface area contributed by atoms with E-state index >= 15 is 0 Å². The highest BCUT2D eigenvalue weighted by Gasteiger charge is 2.39. The van der Waals surface area contributed by atoms with Crippen molar-refractivity contribution in [2.24, 2.45) is 5.92 Å². The van der Waals surface area contributed by atoms with Gasteiger partial charge in [-0.05, 0) is 37.5 Å². The average molecular weight is 398 g/mol. The van der Waals surface area contributed by atoms with E-state index < -0.39 is 6.23 Å². The summed E-state index contributed by atoms with van der Waals surface area (Å²) in [6.07, 6.45) is 2.52. The van der Waals surface area contributed by atoms with Gasteiger partial charge in [-0.15, -0.1) is 0 Å². The number of rotatable bonds is 5. The highest BCUT2D eigenvalue weighted by atomic mass is 16.3. The smallest absolute Gasteiger partial charge is 0.262 e. The molecule has 30 heavy (non-hydrogen) atoms. The Morgan fingerprint density at radius 1 is 1.17 bits per heavy atom. The maximum Gasteiger partial charge on any atom is 0.262 e. The Kier molecular flexibility index (Phi) is 4.41. The molecule has 1 aliphatic carbocycles. The predicted octanol–water partition coefficient (Wildman–Crippen LogP) is 4.18. The molecule has 3 aromatic rings. The molecule has 0 saturated heterocycles. The maximum atomic E-state index is 13.1. The van der Waals surface area contributed by atoms with Gasteiger partial charge in [0.15, 0.2) is 12.0 Å². The molecule has 1 fully saturated rings. The SMILES string of the molecule is Cc1c(N2C(=O)c3ccccc3C2O)nn(CCC2CC2)c1-c1ccc(C#N)cc1. The van der Waals surface area contributed by atoms with Gasteiger partial charge in [0.25, 0.3) is 5.91 Å². The van der Waals surface area contributed by atoms with Gasteiger partial charge in [0, 0.05) is 28.8 Å². The minimum absolute atomic E-state index is 0.237. The Labute approximate surface area is 175 Å². The van der Waals surface area contributed by atoms with Crippen molar-refractivity contribution < 1.29 is 9.90 Å². The van der Waals surface area contributed by atoms with Crippen LogP contribution in [0.3, 0.4) is 0 Å². The van der Waals surface area contributed by atoms with Gasteiger partial charge in [-0.3, -0.25) is 14.4 Å². The fraction of sp³-hybridized carbons (Fsp3) is 0.292. The second-order valence-corrected chi connectivity index (χ2v) is 8.08. The van der Waals surface area contributed by atoms with Crippen LogP contribution in [0.1, 0.15) is 52.5 Å². The van der Waals surface area contributed by atoms with Gasteiger partial charge in [0.1, 0.15) is 0 Å². The van der Waals surface area contributed by atoms with Crippen LogP contribution in [-0.4, -0.2) is 20.8 Å². The van der Waals surface area contributed by atoms with Crippen LogP contribution >= 0.6 is 0 Å². The number of hydrogen-bond donors (Lipinski definition) is 1. The molecule has 5 rings (SSSR count). The molecule has 0 radical (unpaired) electrons. The summed E-state index contributed by atoms with van der Waals surface area (Å²) in [7, 11) is 0. The van der Waals surface area contributed by atoms with E-state index in [0.717, 1.165) is 35.7 Å². The lowest BCUT2D eigenvalue weighted by Gasteiger charge is -2.19. The number of carbonyl (C=O) groups is 1. The Morgan fingerprint density at radius 2 is 1.90 bits per heavy atom. The molecule has 1 aromatic heterocycles. The third-order valence-corrected chi connectivity index (χ3v) is 6.06. The van der Waals surface area contributed by atoms with Crippen LogP contribution in [0.5, 0.6) is 0 Å². The second kappa shape index (κ2) is 7.12. The van der Waals surface area contributed by atoms with E-state index in [0.29, 0.717) is 22.5 Å². The number of anilines is 1. The molecular weight excluding hydrogens is 376 g/mol. The molecule has 0 spiro atoms. The fourth-order valence-corrected chi connectivity index (χ4v) is 4.22. The number of amides is 1. The van der Waals surface area contributed by atoms with Gasteiger partial charge in [-0.2, -0.15) is 10.4 Å². The molecule has 1 aliphatic heterocycles. The Morgan fingerprint density at radius 3 is 2.57 bits per heavy atom. The normalized spacial score (nSPS) is 17.8. The van der Waals surface area contributed by atoms with Crippen molar-refractivity contribution in [1.29, 1.82) is 5.26 Å². The quantitative estimate of drug-likeness (QED) is 0.699. The van der Waals surface area contributed by atoms with E-state index in [-0.39, 0.29) is 5.91 Å². The van der Waals surface area contributed by atoms with Gasteiger partial charge in [0.2, 0.25) is 0 Å². The minimum Gasteiger partial charge on any atom is -0.369 e. The number of aliphatic hydroxyl groups is 1. The van der Waals surface area contributed by atoms with Crippen molar-refractivity contribution in [3.8, 4) is 17.3 Å². The minimum atomic E-state index is -1.05. The van der Waals surface area contributed by atoms with Crippen LogP contribution in [0.2, 0.25) is 0 Å². The first-order chi connectivity index (χ1) is 14.6. The number of hydrogen-bond acceptors (Lipinski definition) is 4. The molecule has 2 heterocycles. The standard InChI is InChI=1S/C24H22N4O2/c1-15-21(18-10-8-17(14-25)9-11-18)27(13-12-16-6-7-16)26-22(15)28-23(29)19-4-2-3-5-20(19)24(28)30/h2-5,8-11,16,23,29H,6-7,12-13H2,1H3. The van der Waals surface area contributed by atoms with Gasteiger partial charge in [-0.25, -0.2) is 0 Å². The summed E-state index contributed by atoms with van der Waals surface area (Å²) >= 11 is 0. The van der Waals surface area contributed by atoms with Crippen LogP contribution in [0, 0.1) is 24.2 Å². The zero-order valence-electron chi connectivity index (χ0n) is 16.7. The number of fused-ring (bicyclic) bond motifs is 1. The van der Waals surface area contributed by atoms with Gasteiger partial charge >= 0.3 is 0 Å². The number of benzene rings is 2. The van der Waals surface area contributed by atoms with Crippen LogP contribution in [0.15, 0.2) is 48.5 Å². The molecule has 6 heteroatoms. The number of aryl methyl sites for hydroxylation is 1. The maximum absolute atomic E-state index is 13.1.